The fourth-order valence-corrected chi connectivity index (χ4v) is 2.34. The van der Waals surface area contributed by atoms with E-state index in [2.05, 4.69) is 10.0 Å². The Bertz CT molecular complexity index is 398. The SMILES string of the molecule is CCCS(=O)(=O)Nc1ccc(NC)cc1. The van der Waals surface area contributed by atoms with Gasteiger partial charge in [0.25, 0.3) is 0 Å². The summed E-state index contributed by atoms with van der Waals surface area (Å²) >= 11 is 0. The maximum absolute atomic E-state index is 11.4. The largest absolute Gasteiger partial charge is 0.388 e. The fourth-order valence-electron chi connectivity index (χ4n) is 1.20. The van der Waals surface area contributed by atoms with Gasteiger partial charge in [0, 0.05) is 18.4 Å². The Balaban J connectivity index is 2.73. The fraction of sp³-hybridized carbons (Fsp3) is 0.400. The highest BCUT2D eigenvalue weighted by Gasteiger charge is 2.07. The molecule has 4 nitrogen and oxygen atoms in total. The number of rotatable bonds is 5. The van der Waals surface area contributed by atoms with Crippen molar-refractivity contribution in [3.05, 3.63) is 24.3 Å². The molecule has 0 saturated heterocycles. The van der Waals surface area contributed by atoms with Crippen LogP contribution in [0.15, 0.2) is 24.3 Å². The molecular weight excluding hydrogens is 212 g/mol. The molecule has 1 rings (SSSR count). The third-order valence-electron chi connectivity index (χ3n) is 1.92. The highest BCUT2D eigenvalue weighted by molar-refractivity contribution is 7.92. The molecule has 0 aliphatic rings. The molecule has 5 heteroatoms. The summed E-state index contributed by atoms with van der Waals surface area (Å²) in [5, 5.41) is 2.96. The lowest BCUT2D eigenvalue weighted by atomic mass is 10.3. The van der Waals surface area contributed by atoms with Crippen LogP contribution in [0.1, 0.15) is 13.3 Å². The zero-order valence-corrected chi connectivity index (χ0v) is 9.76. The summed E-state index contributed by atoms with van der Waals surface area (Å²) in [5.41, 5.74) is 1.55. The van der Waals surface area contributed by atoms with Crippen LogP contribution < -0.4 is 10.0 Å². The summed E-state index contributed by atoms with van der Waals surface area (Å²) in [7, 11) is -1.36. The van der Waals surface area contributed by atoms with Gasteiger partial charge in [0.15, 0.2) is 0 Å². The van der Waals surface area contributed by atoms with E-state index in [4.69, 9.17) is 0 Å². The lowest BCUT2D eigenvalue weighted by molar-refractivity contribution is 0.600. The van der Waals surface area contributed by atoms with Crippen molar-refractivity contribution in [3.8, 4) is 0 Å². The van der Waals surface area contributed by atoms with Gasteiger partial charge in [-0.1, -0.05) is 6.92 Å². The van der Waals surface area contributed by atoms with E-state index < -0.39 is 10.0 Å². The molecule has 0 spiro atoms. The van der Waals surface area contributed by atoms with Crippen LogP contribution in [-0.4, -0.2) is 21.2 Å². The van der Waals surface area contributed by atoms with Gasteiger partial charge in [0.05, 0.1) is 5.75 Å². The molecule has 1 aromatic carbocycles. The Morgan fingerprint density at radius 3 is 2.13 bits per heavy atom. The molecule has 0 aliphatic carbocycles. The Morgan fingerprint density at radius 2 is 1.67 bits per heavy atom. The van der Waals surface area contributed by atoms with Crippen molar-refractivity contribution in [2.24, 2.45) is 0 Å². The molecule has 0 fully saturated rings. The summed E-state index contributed by atoms with van der Waals surface area (Å²) in [6.45, 7) is 1.84. The van der Waals surface area contributed by atoms with Crippen LogP contribution >= 0.6 is 0 Å². The average molecular weight is 228 g/mol. The minimum atomic E-state index is -3.17. The van der Waals surface area contributed by atoms with Gasteiger partial charge in [-0.2, -0.15) is 0 Å². The normalized spacial score (nSPS) is 11.1. The van der Waals surface area contributed by atoms with Crippen LogP contribution in [0.5, 0.6) is 0 Å². The predicted molar refractivity (Wildman–Crippen MR) is 63.7 cm³/mol. The highest BCUT2D eigenvalue weighted by Crippen LogP contribution is 2.14. The molecule has 1 aromatic rings. The molecule has 84 valence electrons. The monoisotopic (exact) mass is 228 g/mol. The zero-order valence-electron chi connectivity index (χ0n) is 8.95. The number of anilines is 2. The molecule has 0 amide bonds. The van der Waals surface area contributed by atoms with Gasteiger partial charge in [-0.15, -0.1) is 0 Å². The summed E-state index contributed by atoms with van der Waals surface area (Å²) in [6.07, 6.45) is 0.615. The Labute approximate surface area is 90.8 Å². The predicted octanol–water partition coefficient (Wildman–Crippen LogP) is 1.88. The lowest BCUT2D eigenvalue weighted by Gasteiger charge is -2.07. The number of sulfonamides is 1. The van der Waals surface area contributed by atoms with Crippen LogP contribution in [0.4, 0.5) is 11.4 Å². The average Bonchev–Trinajstić information content (AvgIpc) is 2.18. The molecule has 0 heterocycles. The molecule has 0 bridgehead atoms. The first-order valence-corrected chi connectivity index (χ1v) is 6.51. The van der Waals surface area contributed by atoms with Crippen molar-refractivity contribution in [2.45, 2.75) is 13.3 Å². The maximum Gasteiger partial charge on any atom is 0.232 e. The number of hydrogen-bond donors (Lipinski definition) is 2. The molecule has 15 heavy (non-hydrogen) atoms. The van der Waals surface area contributed by atoms with E-state index in [-0.39, 0.29) is 5.75 Å². The molecule has 0 saturated carbocycles. The van der Waals surface area contributed by atoms with Crippen molar-refractivity contribution in [2.75, 3.05) is 22.8 Å². The van der Waals surface area contributed by atoms with Gasteiger partial charge in [0.2, 0.25) is 10.0 Å². The smallest absolute Gasteiger partial charge is 0.232 e. The maximum atomic E-state index is 11.4. The van der Waals surface area contributed by atoms with E-state index in [0.717, 1.165) is 5.69 Å². The number of nitrogens with one attached hydrogen (secondary N) is 2. The van der Waals surface area contributed by atoms with Gasteiger partial charge in [-0.05, 0) is 30.7 Å². The molecule has 0 unspecified atom stereocenters. The molecule has 0 atom stereocenters. The van der Waals surface area contributed by atoms with Crippen LogP contribution in [0.25, 0.3) is 0 Å². The zero-order chi connectivity index (χ0) is 11.3. The van der Waals surface area contributed by atoms with Gasteiger partial charge >= 0.3 is 0 Å². The van der Waals surface area contributed by atoms with E-state index >= 15 is 0 Å². The topological polar surface area (TPSA) is 58.2 Å². The lowest BCUT2D eigenvalue weighted by Crippen LogP contribution is -2.15. The number of benzene rings is 1. The molecule has 2 N–H and O–H groups in total. The first-order valence-electron chi connectivity index (χ1n) is 4.85. The summed E-state index contributed by atoms with van der Waals surface area (Å²) in [4.78, 5) is 0. The standard InChI is InChI=1S/C10H16N2O2S/c1-3-8-15(13,14)12-10-6-4-9(11-2)5-7-10/h4-7,11-12H,3,8H2,1-2H3. The molecule has 0 aromatic heterocycles. The van der Waals surface area contributed by atoms with Crippen molar-refractivity contribution in [3.63, 3.8) is 0 Å². The second-order valence-electron chi connectivity index (χ2n) is 3.25. The van der Waals surface area contributed by atoms with E-state index in [0.29, 0.717) is 12.1 Å². The summed E-state index contributed by atoms with van der Waals surface area (Å²) in [5.74, 6) is 0.154. The van der Waals surface area contributed by atoms with Crippen LogP contribution in [0.3, 0.4) is 0 Å². The third-order valence-corrected chi connectivity index (χ3v) is 3.41. The highest BCUT2D eigenvalue weighted by atomic mass is 32.2. The Morgan fingerprint density at radius 1 is 1.13 bits per heavy atom. The summed E-state index contributed by atoms with van der Waals surface area (Å²) in [6, 6.07) is 7.12. The Kier molecular flexibility index (Phi) is 3.96. The Hall–Kier alpha value is -1.23. The van der Waals surface area contributed by atoms with Crippen LogP contribution in [0, 0.1) is 0 Å². The second-order valence-corrected chi connectivity index (χ2v) is 5.09. The van der Waals surface area contributed by atoms with Crippen molar-refractivity contribution >= 4 is 21.4 Å². The van der Waals surface area contributed by atoms with Crippen molar-refractivity contribution in [1.82, 2.24) is 0 Å². The first kappa shape index (κ1) is 11.8. The quantitative estimate of drug-likeness (QED) is 0.809. The molecule has 0 radical (unpaired) electrons. The summed E-state index contributed by atoms with van der Waals surface area (Å²) < 4.78 is 25.4. The molecular formula is C10H16N2O2S. The minimum absolute atomic E-state index is 0.154. The van der Waals surface area contributed by atoms with E-state index in [1.54, 1.807) is 12.1 Å². The minimum Gasteiger partial charge on any atom is -0.388 e. The van der Waals surface area contributed by atoms with Gasteiger partial charge in [-0.25, -0.2) is 8.42 Å². The second kappa shape index (κ2) is 5.02. The van der Waals surface area contributed by atoms with Crippen molar-refractivity contribution in [1.29, 1.82) is 0 Å². The van der Waals surface area contributed by atoms with E-state index in [9.17, 15) is 8.42 Å². The number of hydrogen-bond acceptors (Lipinski definition) is 3. The van der Waals surface area contributed by atoms with Crippen LogP contribution in [-0.2, 0) is 10.0 Å². The van der Waals surface area contributed by atoms with E-state index in [1.807, 2.05) is 26.1 Å². The van der Waals surface area contributed by atoms with Gasteiger partial charge in [0.1, 0.15) is 0 Å². The van der Waals surface area contributed by atoms with E-state index in [1.165, 1.54) is 0 Å². The first-order chi connectivity index (χ1) is 7.07. The van der Waals surface area contributed by atoms with Gasteiger partial charge < -0.3 is 5.32 Å². The van der Waals surface area contributed by atoms with Crippen molar-refractivity contribution < 1.29 is 8.42 Å². The van der Waals surface area contributed by atoms with Gasteiger partial charge in [-0.3, -0.25) is 4.72 Å². The van der Waals surface area contributed by atoms with Crippen LogP contribution in [0.2, 0.25) is 0 Å². The molecule has 0 aliphatic heterocycles. The third kappa shape index (κ3) is 3.79.